The Bertz CT molecular complexity index is 823. The largest absolute Gasteiger partial charge is 0.466 e. The lowest BCUT2D eigenvalue weighted by Gasteiger charge is -2.39. The van der Waals surface area contributed by atoms with E-state index >= 15 is 0 Å². The average Bonchev–Trinajstić information content (AvgIpc) is 3.41. The molecule has 0 saturated carbocycles. The van der Waals surface area contributed by atoms with Gasteiger partial charge in [-0.2, -0.15) is 0 Å². The molecule has 0 aromatic rings. The molecule has 0 aliphatic carbocycles. The van der Waals surface area contributed by atoms with Gasteiger partial charge in [0, 0.05) is 30.9 Å². The van der Waals surface area contributed by atoms with Crippen molar-refractivity contribution in [1.82, 2.24) is 15.1 Å². The number of aliphatic hydroxyl groups excluding tert-OH is 1. The fourth-order valence-electron chi connectivity index (χ4n) is 6.68. The van der Waals surface area contributed by atoms with Gasteiger partial charge >= 0.3 is 5.97 Å². The molecule has 4 saturated heterocycles. The molecule has 10 heteroatoms. The molecular formula is C25H41N3O6S. The number of esters is 1. The Morgan fingerprint density at radius 2 is 2.00 bits per heavy atom. The third-order valence-electron chi connectivity index (χ3n) is 8.68. The summed E-state index contributed by atoms with van der Waals surface area (Å²) in [6.45, 7) is 12.1. The molecule has 4 aliphatic heterocycles. The molecule has 4 aliphatic rings. The fourth-order valence-corrected chi connectivity index (χ4v) is 9.02. The smallest absolute Gasteiger partial charge is 0.311 e. The highest BCUT2D eigenvalue weighted by Gasteiger charge is 2.78. The zero-order valence-corrected chi connectivity index (χ0v) is 22.3. The van der Waals surface area contributed by atoms with Crippen molar-refractivity contribution in [2.45, 2.75) is 68.5 Å². The summed E-state index contributed by atoms with van der Waals surface area (Å²) >= 11 is 1.63. The Kier molecular flexibility index (Phi) is 8.05. The maximum Gasteiger partial charge on any atom is 0.311 e. The van der Waals surface area contributed by atoms with Crippen molar-refractivity contribution in [3.05, 3.63) is 0 Å². The summed E-state index contributed by atoms with van der Waals surface area (Å²) in [7, 11) is 0. The first-order chi connectivity index (χ1) is 16.7. The zero-order chi connectivity index (χ0) is 25.4. The number of carbonyl (C=O) groups excluding carboxylic acids is 3. The lowest BCUT2D eigenvalue weighted by molar-refractivity contribution is -0.155. The number of likely N-dealkylation sites (tertiary alicyclic amines) is 1. The third-order valence-corrected chi connectivity index (χ3v) is 10.7. The predicted octanol–water partition coefficient (Wildman–Crippen LogP) is 0.886. The molecule has 0 aromatic carbocycles. The minimum atomic E-state index is -0.720. The number of hydrogen-bond donors (Lipinski definition) is 2. The highest BCUT2D eigenvalue weighted by atomic mass is 32.2. The molecule has 35 heavy (non-hydrogen) atoms. The summed E-state index contributed by atoms with van der Waals surface area (Å²) < 4.78 is 9.71. The Labute approximate surface area is 212 Å². The molecule has 4 rings (SSSR count). The van der Waals surface area contributed by atoms with Crippen LogP contribution >= 0.6 is 11.8 Å². The number of amides is 2. The van der Waals surface area contributed by atoms with Gasteiger partial charge in [0.1, 0.15) is 6.04 Å². The van der Waals surface area contributed by atoms with Crippen LogP contribution in [0.4, 0.5) is 0 Å². The van der Waals surface area contributed by atoms with E-state index in [1.165, 1.54) is 0 Å². The van der Waals surface area contributed by atoms with Crippen molar-refractivity contribution in [2.75, 3.05) is 52.6 Å². The lowest BCUT2D eigenvalue weighted by atomic mass is 9.66. The van der Waals surface area contributed by atoms with Crippen LogP contribution in [0.5, 0.6) is 0 Å². The Hall–Kier alpha value is -1.36. The van der Waals surface area contributed by atoms with Crippen LogP contribution < -0.4 is 5.32 Å². The summed E-state index contributed by atoms with van der Waals surface area (Å²) in [5, 5.41) is 13.5. The summed E-state index contributed by atoms with van der Waals surface area (Å²) in [5.41, 5.74) is 0. The number of morpholine rings is 1. The number of aliphatic hydroxyl groups is 1. The highest BCUT2D eigenvalue weighted by molar-refractivity contribution is 8.02. The van der Waals surface area contributed by atoms with Crippen molar-refractivity contribution >= 4 is 29.5 Å². The van der Waals surface area contributed by atoms with Crippen LogP contribution in [0.3, 0.4) is 0 Å². The molecule has 9 nitrogen and oxygen atoms in total. The number of hydrogen-bond acceptors (Lipinski definition) is 8. The van der Waals surface area contributed by atoms with Crippen molar-refractivity contribution in [3.63, 3.8) is 0 Å². The number of nitrogens with one attached hydrogen (secondary N) is 1. The molecule has 4 heterocycles. The standard InChI is InChI=1S/C25H41N3O6S/c1-5-16(3)17(15-29)28-20(21(30)26-9-10-27-11-13-33-14-12-27)25-8-7-24(4,35-25)19(18(25)22(28)31)23(32)34-6-2/h16-20,29H,5-15H2,1-4H3,(H,26,30)/t16-,17-,18-,19-,20?,24+,25?/m0/s1. The molecule has 2 N–H and O–H groups in total. The van der Waals surface area contributed by atoms with Crippen LogP contribution in [-0.2, 0) is 23.9 Å². The van der Waals surface area contributed by atoms with Gasteiger partial charge in [0.15, 0.2) is 0 Å². The zero-order valence-electron chi connectivity index (χ0n) is 21.5. The first-order valence-electron chi connectivity index (χ1n) is 13.1. The molecule has 0 radical (unpaired) electrons. The first kappa shape index (κ1) is 26.7. The molecule has 0 aromatic heterocycles. The van der Waals surface area contributed by atoms with Crippen LogP contribution in [-0.4, -0.2) is 107 Å². The molecule has 198 valence electrons. The second-order valence-electron chi connectivity index (χ2n) is 10.6. The Balaban J connectivity index is 1.64. The second kappa shape index (κ2) is 10.6. The van der Waals surface area contributed by atoms with E-state index < -0.39 is 33.4 Å². The van der Waals surface area contributed by atoms with E-state index in [2.05, 4.69) is 10.2 Å². The van der Waals surface area contributed by atoms with Gasteiger partial charge in [0.05, 0.1) is 49.1 Å². The molecule has 2 unspecified atom stereocenters. The van der Waals surface area contributed by atoms with E-state index in [0.29, 0.717) is 26.2 Å². The SMILES string of the molecule is CCOC(=O)[C@@H]1[C@H]2C(=O)N([C@@H](CO)[C@@H](C)CC)C(C(=O)NCCN3CCOCC3)C23CC[C@@]1(C)S3. The van der Waals surface area contributed by atoms with Crippen LogP contribution in [0.25, 0.3) is 0 Å². The minimum absolute atomic E-state index is 0.0154. The molecular weight excluding hydrogens is 470 g/mol. The quantitative estimate of drug-likeness (QED) is 0.417. The van der Waals surface area contributed by atoms with E-state index in [1.807, 2.05) is 20.8 Å². The van der Waals surface area contributed by atoms with Crippen LogP contribution in [0, 0.1) is 17.8 Å². The summed E-state index contributed by atoms with van der Waals surface area (Å²) in [6.07, 6.45) is 2.21. The second-order valence-corrected chi connectivity index (χ2v) is 12.5. The molecule has 2 amide bonds. The van der Waals surface area contributed by atoms with Crippen molar-refractivity contribution in [3.8, 4) is 0 Å². The van der Waals surface area contributed by atoms with Gasteiger partial charge in [-0.25, -0.2) is 0 Å². The summed E-state index contributed by atoms with van der Waals surface area (Å²) in [5.74, 6) is -1.90. The monoisotopic (exact) mass is 511 g/mol. The summed E-state index contributed by atoms with van der Waals surface area (Å²) in [4.78, 5) is 44.9. The van der Waals surface area contributed by atoms with Gasteiger partial charge < -0.3 is 24.8 Å². The van der Waals surface area contributed by atoms with E-state index in [4.69, 9.17) is 9.47 Å². The highest BCUT2D eigenvalue weighted by Crippen LogP contribution is 2.71. The Morgan fingerprint density at radius 3 is 2.63 bits per heavy atom. The fraction of sp³-hybridized carbons (Fsp3) is 0.880. The van der Waals surface area contributed by atoms with E-state index in [9.17, 15) is 19.5 Å². The average molecular weight is 512 g/mol. The molecule has 2 bridgehead atoms. The van der Waals surface area contributed by atoms with Crippen molar-refractivity contribution < 1.29 is 29.0 Å². The summed E-state index contributed by atoms with van der Waals surface area (Å²) in [6, 6.07) is -1.19. The predicted molar refractivity (Wildman–Crippen MR) is 133 cm³/mol. The molecule has 4 fully saturated rings. The number of fused-ring (bicyclic) bond motifs is 1. The van der Waals surface area contributed by atoms with E-state index in [1.54, 1.807) is 23.6 Å². The molecule has 1 spiro atoms. The first-order valence-corrected chi connectivity index (χ1v) is 13.9. The maximum atomic E-state index is 14.1. The van der Waals surface area contributed by atoms with Crippen molar-refractivity contribution in [1.29, 1.82) is 0 Å². The van der Waals surface area contributed by atoms with Gasteiger partial charge in [0.2, 0.25) is 11.8 Å². The van der Waals surface area contributed by atoms with Crippen LogP contribution in [0.1, 0.15) is 47.0 Å². The van der Waals surface area contributed by atoms with Gasteiger partial charge in [-0.15, -0.1) is 11.8 Å². The van der Waals surface area contributed by atoms with E-state index in [-0.39, 0.29) is 36.9 Å². The van der Waals surface area contributed by atoms with Crippen LogP contribution in [0.2, 0.25) is 0 Å². The van der Waals surface area contributed by atoms with Gasteiger partial charge in [-0.3, -0.25) is 19.3 Å². The number of carbonyl (C=O) groups is 3. The molecule has 7 atom stereocenters. The normalized spacial score (nSPS) is 36.2. The number of nitrogens with zero attached hydrogens (tertiary/aromatic N) is 2. The number of thioether (sulfide) groups is 1. The van der Waals surface area contributed by atoms with Gasteiger partial charge in [0.25, 0.3) is 0 Å². The van der Waals surface area contributed by atoms with Crippen LogP contribution in [0.15, 0.2) is 0 Å². The van der Waals surface area contributed by atoms with E-state index in [0.717, 1.165) is 32.5 Å². The lowest BCUT2D eigenvalue weighted by Crippen LogP contribution is -2.58. The minimum Gasteiger partial charge on any atom is -0.466 e. The maximum absolute atomic E-state index is 14.1. The topological polar surface area (TPSA) is 108 Å². The third kappa shape index (κ3) is 4.49. The van der Waals surface area contributed by atoms with Crippen molar-refractivity contribution in [2.24, 2.45) is 17.8 Å². The Morgan fingerprint density at radius 1 is 1.29 bits per heavy atom. The van der Waals surface area contributed by atoms with Gasteiger partial charge in [-0.1, -0.05) is 20.3 Å². The van der Waals surface area contributed by atoms with Gasteiger partial charge in [-0.05, 0) is 32.6 Å². The number of rotatable bonds is 10. The number of ether oxygens (including phenoxy) is 2.